The van der Waals surface area contributed by atoms with E-state index in [2.05, 4.69) is 16.9 Å². The summed E-state index contributed by atoms with van der Waals surface area (Å²) in [5.41, 5.74) is 2.11. The highest BCUT2D eigenvalue weighted by Gasteiger charge is 2.19. The number of aromatic nitrogens is 2. The van der Waals surface area contributed by atoms with Crippen LogP contribution in [0.2, 0.25) is 0 Å². The zero-order chi connectivity index (χ0) is 22.5. The lowest BCUT2D eigenvalue weighted by Crippen LogP contribution is -2.28. The van der Waals surface area contributed by atoms with E-state index in [4.69, 9.17) is 4.74 Å². The van der Waals surface area contributed by atoms with Gasteiger partial charge in [0.05, 0.1) is 18.0 Å². The van der Waals surface area contributed by atoms with Crippen LogP contribution in [0.4, 0.5) is 4.39 Å². The van der Waals surface area contributed by atoms with Crippen LogP contribution in [-0.4, -0.2) is 51.5 Å². The number of likely N-dealkylation sites (tertiary alicyclic amines) is 1. The van der Waals surface area contributed by atoms with Gasteiger partial charge < -0.3 is 14.7 Å². The Balaban J connectivity index is 1.38. The number of carboxylic acid groups (broad SMARTS) is 1. The minimum Gasteiger partial charge on any atom is -0.494 e. The van der Waals surface area contributed by atoms with E-state index in [-0.39, 0.29) is 11.4 Å². The van der Waals surface area contributed by atoms with Crippen LogP contribution < -0.4 is 4.74 Å². The topological polar surface area (TPSA) is 67.6 Å². The van der Waals surface area contributed by atoms with Gasteiger partial charge in [-0.25, -0.2) is 13.9 Å². The number of benzene rings is 2. The van der Waals surface area contributed by atoms with E-state index in [1.165, 1.54) is 37.7 Å². The van der Waals surface area contributed by atoms with E-state index in [1.54, 1.807) is 16.8 Å². The molecular formula is C25H28FN3O3. The summed E-state index contributed by atoms with van der Waals surface area (Å²) >= 11 is 0. The lowest BCUT2D eigenvalue weighted by Gasteiger charge is -2.20. The Labute approximate surface area is 187 Å². The van der Waals surface area contributed by atoms with Gasteiger partial charge >= 0.3 is 5.97 Å². The second-order valence-electron chi connectivity index (χ2n) is 8.27. The van der Waals surface area contributed by atoms with Gasteiger partial charge in [0, 0.05) is 25.2 Å². The molecule has 1 unspecified atom stereocenters. The van der Waals surface area contributed by atoms with E-state index in [1.807, 2.05) is 24.3 Å². The fourth-order valence-corrected chi connectivity index (χ4v) is 4.12. The molecule has 0 aliphatic carbocycles. The summed E-state index contributed by atoms with van der Waals surface area (Å²) < 4.78 is 20.6. The van der Waals surface area contributed by atoms with Gasteiger partial charge in [-0.3, -0.25) is 0 Å². The van der Waals surface area contributed by atoms with Crippen molar-refractivity contribution < 1.29 is 19.0 Å². The number of nitrogens with zero attached hydrogens (tertiary/aromatic N) is 3. The fraction of sp³-hybridized carbons (Fsp3) is 0.360. The third-order valence-electron chi connectivity index (χ3n) is 5.96. The Morgan fingerprint density at radius 2 is 1.94 bits per heavy atom. The first-order chi connectivity index (χ1) is 15.5. The Kier molecular flexibility index (Phi) is 6.85. The molecule has 6 nitrogen and oxygen atoms in total. The first kappa shape index (κ1) is 22.0. The van der Waals surface area contributed by atoms with Gasteiger partial charge in [0.2, 0.25) is 0 Å². The summed E-state index contributed by atoms with van der Waals surface area (Å²) in [4.78, 5) is 14.2. The molecule has 2 heterocycles. The molecule has 1 aliphatic rings. The van der Waals surface area contributed by atoms with Crippen LogP contribution in [0.25, 0.3) is 5.69 Å². The fourth-order valence-electron chi connectivity index (χ4n) is 4.12. The highest BCUT2D eigenvalue weighted by atomic mass is 19.1. The van der Waals surface area contributed by atoms with Crippen LogP contribution in [0.15, 0.2) is 54.7 Å². The third-order valence-corrected chi connectivity index (χ3v) is 5.96. The maximum atomic E-state index is 13.1. The van der Waals surface area contributed by atoms with Gasteiger partial charge in [-0.15, -0.1) is 0 Å². The third kappa shape index (κ3) is 5.34. The summed E-state index contributed by atoms with van der Waals surface area (Å²) in [5.74, 6) is -0.591. The summed E-state index contributed by atoms with van der Waals surface area (Å²) in [5, 5.41) is 14.0. The zero-order valence-electron chi connectivity index (χ0n) is 18.2. The van der Waals surface area contributed by atoms with Crippen LogP contribution in [0.1, 0.15) is 47.8 Å². The van der Waals surface area contributed by atoms with Gasteiger partial charge in [-0.05, 0) is 74.7 Å². The van der Waals surface area contributed by atoms with Crippen molar-refractivity contribution in [2.45, 2.75) is 38.6 Å². The van der Waals surface area contributed by atoms with Gasteiger partial charge in [-0.2, -0.15) is 5.10 Å². The second-order valence-corrected chi connectivity index (χ2v) is 8.27. The Morgan fingerprint density at radius 1 is 1.19 bits per heavy atom. The molecule has 1 N–H and O–H groups in total. The Morgan fingerprint density at radius 3 is 2.59 bits per heavy atom. The number of aromatic carboxylic acids is 1. The number of rotatable bonds is 9. The summed E-state index contributed by atoms with van der Waals surface area (Å²) in [6.07, 6.45) is 5.37. The predicted molar refractivity (Wildman–Crippen MR) is 120 cm³/mol. The predicted octanol–water partition coefficient (Wildman–Crippen LogP) is 4.55. The summed E-state index contributed by atoms with van der Waals surface area (Å²) in [6.45, 7) is 5.18. The lowest BCUT2D eigenvalue weighted by atomic mass is 10.1. The molecule has 2 aromatic carbocycles. The van der Waals surface area contributed by atoms with E-state index in [0.29, 0.717) is 24.8 Å². The van der Waals surface area contributed by atoms with Crippen molar-refractivity contribution in [3.63, 3.8) is 0 Å². The van der Waals surface area contributed by atoms with Crippen molar-refractivity contribution in [2.75, 3.05) is 19.7 Å². The SMILES string of the molecule is CC1CCCN1CCCOc1ccc(-n2cc(C(=O)O)c(Cc3ccc(F)cc3)n2)cc1. The van der Waals surface area contributed by atoms with Crippen LogP contribution >= 0.6 is 0 Å². The smallest absolute Gasteiger partial charge is 0.339 e. The number of hydrogen-bond acceptors (Lipinski definition) is 4. The summed E-state index contributed by atoms with van der Waals surface area (Å²) in [7, 11) is 0. The maximum Gasteiger partial charge on any atom is 0.339 e. The van der Waals surface area contributed by atoms with Crippen molar-refractivity contribution in [1.82, 2.24) is 14.7 Å². The molecule has 0 saturated carbocycles. The standard InChI is InChI=1S/C25H28FN3O3/c1-18-4-2-13-28(18)14-3-15-32-22-11-9-21(10-12-22)29-17-23(25(30)31)24(27-29)16-19-5-7-20(26)8-6-19/h5-12,17-18H,2-4,13-16H2,1H3,(H,30,31). The number of ether oxygens (including phenoxy) is 1. The van der Waals surface area contributed by atoms with Crippen LogP contribution in [0.3, 0.4) is 0 Å². The molecule has 1 aromatic heterocycles. The molecule has 1 atom stereocenters. The molecule has 168 valence electrons. The molecular weight excluding hydrogens is 409 g/mol. The van der Waals surface area contributed by atoms with E-state index in [0.717, 1.165) is 30.0 Å². The number of hydrogen-bond donors (Lipinski definition) is 1. The Bertz CT molecular complexity index is 1050. The van der Waals surface area contributed by atoms with Crippen LogP contribution in [0.5, 0.6) is 5.75 Å². The molecule has 3 aromatic rings. The molecule has 1 saturated heterocycles. The average molecular weight is 438 g/mol. The van der Waals surface area contributed by atoms with Crippen molar-refractivity contribution in [2.24, 2.45) is 0 Å². The van der Waals surface area contributed by atoms with Gasteiger partial charge in [0.15, 0.2) is 0 Å². The normalized spacial score (nSPS) is 16.4. The first-order valence-electron chi connectivity index (χ1n) is 11.0. The number of carboxylic acids is 1. The zero-order valence-corrected chi connectivity index (χ0v) is 18.2. The van der Waals surface area contributed by atoms with E-state index in [9.17, 15) is 14.3 Å². The minimum atomic E-state index is -1.04. The number of carbonyl (C=O) groups is 1. The van der Waals surface area contributed by atoms with Crippen molar-refractivity contribution in [3.05, 3.63) is 77.4 Å². The Hall–Kier alpha value is -3.19. The molecule has 0 amide bonds. The second kappa shape index (κ2) is 9.96. The van der Waals surface area contributed by atoms with Crippen LogP contribution in [0, 0.1) is 5.82 Å². The molecule has 0 radical (unpaired) electrons. The van der Waals surface area contributed by atoms with Gasteiger partial charge in [0.1, 0.15) is 17.1 Å². The molecule has 1 aliphatic heterocycles. The van der Waals surface area contributed by atoms with Gasteiger partial charge in [-0.1, -0.05) is 12.1 Å². The van der Waals surface area contributed by atoms with Crippen molar-refractivity contribution in [3.8, 4) is 11.4 Å². The quantitative estimate of drug-likeness (QED) is 0.498. The van der Waals surface area contributed by atoms with Crippen molar-refractivity contribution in [1.29, 1.82) is 0 Å². The van der Waals surface area contributed by atoms with E-state index < -0.39 is 5.97 Å². The largest absolute Gasteiger partial charge is 0.494 e. The highest BCUT2D eigenvalue weighted by Crippen LogP contribution is 2.20. The molecule has 0 bridgehead atoms. The molecule has 7 heteroatoms. The van der Waals surface area contributed by atoms with Gasteiger partial charge in [0.25, 0.3) is 0 Å². The monoisotopic (exact) mass is 437 g/mol. The van der Waals surface area contributed by atoms with Crippen LogP contribution in [-0.2, 0) is 6.42 Å². The molecule has 4 rings (SSSR count). The van der Waals surface area contributed by atoms with Crippen molar-refractivity contribution >= 4 is 5.97 Å². The number of halogens is 1. The molecule has 32 heavy (non-hydrogen) atoms. The molecule has 1 fully saturated rings. The lowest BCUT2D eigenvalue weighted by molar-refractivity contribution is 0.0696. The molecule has 0 spiro atoms. The average Bonchev–Trinajstić information content (AvgIpc) is 3.39. The maximum absolute atomic E-state index is 13.1. The summed E-state index contributed by atoms with van der Waals surface area (Å²) in [6, 6.07) is 14.1. The van der Waals surface area contributed by atoms with E-state index >= 15 is 0 Å². The minimum absolute atomic E-state index is 0.130. The first-order valence-corrected chi connectivity index (χ1v) is 11.0. The highest BCUT2D eigenvalue weighted by molar-refractivity contribution is 5.88.